The first kappa shape index (κ1) is 18.5. The lowest BCUT2D eigenvalue weighted by Gasteiger charge is -2.11. The number of aromatic nitrogens is 1. The molecule has 0 radical (unpaired) electrons. The van der Waals surface area contributed by atoms with Gasteiger partial charge in [0.2, 0.25) is 5.91 Å². The van der Waals surface area contributed by atoms with E-state index in [2.05, 4.69) is 5.32 Å². The van der Waals surface area contributed by atoms with E-state index in [-0.39, 0.29) is 18.0 Å². The molecule has 3 aromatic rings. The summed E-state index contributed by atoms with van der Waals surface area (Å²) in [6.45, 7) is 0.465. The quantitative estimate of drug-likeness (QED) is 0.697. The Balaban J connectivity index is 1.59. The molecule has 0 aliphatic rings. The van der Waals surface area contributed by atoms with Gasteiger partial charge in [0, 0.05) is 18.1 Å². The summed E-state index contributed by atoms with van der Waals surface area (Å²) in [5, 5.41) is 4.33. The molecule has 6 heteroatoms. The van der Waals surface area contributed by atoms with Crippen LogP contribution < -0.4 is 20.3 Å². The van der Waals surface area contributed by atoms with Gasteiger partial charge in [0.25, 0.3) is 5.56 Å². The Morgan fingerprint density at radius 3 is 2.59 bits per heavy atom. The van der Waals surface area contributed by atoms with Crippen LogP contribution in [0.2, 0.25) is 0 Å². The van der Waals surface area contributed by atoms with E-state index in [1.165, 1.54) is 4.57 Å². The van der Waals surface area contributed by atoms with Gasteiger partial charge in [-0.2, -0.15) is 0 Å². The molecule has 0 bridgehead atoms. The zero-order valence-corrected chi connectivity index (χ0v) is 15.4. The highest BCUT2D eigenvalue weighted by Gasteiger charge is 2.08. The molecule has 27 heavy (non-hydrogen) atoms. The number of amides is 1. The number of carbonyl (C=O) groups is 1. The van der Waals surface area contributed by atoms with E-state index in [1.807, 2.05) is 42.5 Å². The van der Waals surface area contributed by atoms with Crippen LogP contribution in [0.3, 0.4) is 0 Å². The first-order valence-electron chi connectivity index (χ1n) is 8.68. The molecule has 1 aromatic heterocycles. The number of hydrogen-bond donors (Lipinski definition) is 1. The third-order valence-electron chi connectivity index (χ3n) is 4.38. The molecule has 0 atom stereocenters. The Labute approximate surface area is 157 Å². The molecule has 0 aliphatic heterocycles. The zero-order chi connectivity index (χ0) is 19.2. The molecule has 0 spiro atoms. The number of nitrogens with one attached hydrogen (secondary N) is 1. The molecule has 2 aromatic carbocycles. The summed E-state index contributed by atoms with van der Waals surface area (Å²) in [7, 11) is 3.18. The Kier molecular flexibility index (Phi) is 5.76. The van der Waals surface area contributed by atoms with Crippen LogP contribution in [-0.2, 0) is 17.8 Å². The van der Waals surface area contributed by atoms with Crippen molar-refractivity contribution in [2.45, 2.75) is 13.0 Å². The van der Waals surface area contributed by atoms with Crippen molar-refractivity contribution in [3.05, 3.63) is 70.6 Å². The normalized spacial score (nSPS) is 10.6. The lowest BCUT2D eigenvalue weighted by Crippen LogP contribution is -2.33. The molecule has 0 unspecified atom stereocenters. The molecule has 1 N–H and O–H groups in total. The molecule has 6 nitrogen and oxygen atoms in total. The number of rotatable bonds is 7. The van der Waals surface area contributed by atoms with E-state index in [0.717, 1.165) is 10.9 Å². The minimum Gasteiger partial charge on any atom is -0.493 e. The molecular weight excluding hydrogens is 344 g/mol. The van der Waals surface area contributed by atoms with E-state index < -0.39 is 0 Å². The van der Waals surface area contributed by atoms with Gasteiger partial charge in [0.1, 0.15) is 6.54 Å². The number of pyridine rings is 1. The van der Waals surface area contributed by atoms with Gasteiger partial charge in [-0.1, -0.05) is 24.3 Å². The van der Waals surface area contributed by atoms with Gasteiger partial charge in [0.05, 0.1) is 14.2 Å². The summed E-state index contributed by atoms with van der Waals surface area (Å²) >= 11 is 0. The lowest BCUT2D eigenvalue weighted by atomic mass is 10.1. The maximum atomic E-state index is 12.4. The van der Waals surface area contributed by atoms with E-state index in [1.54, 1.807) is 26.5 Å². The highest BCUT2D eigenvalue weighted by molar-refractivity contribution is 5.82. The fourth-order valence-electron chi connectivity index (χ4n) is 2.95. The van der Waals surface area contributed by atoms with E-state index in [4.69, 9.17) is 9.47 Å². The van der Waals surface area contributed by atoms with Crippen molar-refractivity contribution >= 4 is 16.7 Å². The number of hydrogen-bond acceptors (Lipinski definition) is 4. The molecule has 1 heterocycles. The van der Waals surface area contributed by atoms with Crippen molar-refractivity contribution < 1.29 is 14.3 Å². The minimum atomic E-state index is -0.201. The Morgan fingerprint density at radius 1 is 1.04 bits per heavy atom. The zero-order valence-electron chi connectivity index (χ0n) is 15.4. The van der Waals surface area contributed by atoms with Gasteiger partial charge >= 0.3 is 0 Å². The van der Waals surface area contributed by atoms with Crippen LogP contribution in [0.25, 0.3) is 10.8 Å². The second kappa shape index (κ2) is 8.40. The fraction of sp³-hybridized carbons (Fsp3) is 0.238. The lowest BCUT2D eigenvalue weighted by molar-refractivity contribution is -0.121. The topological polar surface area (TPSA) is 69.6 Å². The third kappa shape index (κ3) is 4.28. The number of methoxy groups -OCH3 is 2. The van der Waals surface area contributed by atoms with E-state index >= 15 is 0 Å². The SMILES string of the molecule is COc1ccc(CCNC(=O)Cn2ccc3ccccc3c2=O)cc1OC. The first-order valence-corrected chi connectivity index (χ1v) is 8.68. The van der Waals surface area contributed by atoms with Crippen molar-refractivity contribution in [2.75, 3.05) is 20.8 Å². The van der Waals surface area contributed by atoms with Crippen LogP contribution in [0.5, 0.6) is 11.5 Å². The smallest absolute Gasteiger partial charge is 0.258 e. The van der Waals surface area contributed by atoms with Crippen LogP contribution in [-0.4, -0.2) is 31.2 Å². The molecule has 0 saturated carbocycles. The Hall–Kier alpha value is -3.28. The summed E-state index contributed by atoms with van der Waals surface area (Å²) in [5.41, 5.74) is 0.860. The monoisotopic (exact) mass is 366 g/mol. The Bertz CT molecular complexity index is 1010. The van der Waals surface area contributed by atoms with Crippen molar-refractivity contribution in [1.82, 2.24) is 9.88 Å². The largest absolute Gasteiger partial charge is 0.493 e. The van der Waals surface area contributed by atoms with Crippen molar-refractivity contribution in [3.8, 4) is 11.5 Å². The molecular formula is C21H22N2O4. The predicted molar refractivity (Wildman–Crippen MR) is 104 cm³/mol. The second-order valence-corrected chi connectivity index (χ2v) is 6.13. The highest BCUT2D eigenvalue weighted by atomic mass is 16.5. The average molecular weight is 366 g/mol. The molecule has 0 fully saturated rings. The van der Waals surface area contributed by atoms with Crippen LogP contribution >= 0.6 is 0 Å². The van der Waals surface area contributed by atoms with Crippen LogP contribution in [0, 0.1) is 0 Å². The highest BCUT2D eigenvalue weighted by Crippen LogP contribution is 2.27. The molecule has 3 rings (SSSR count). The fourth-order valence-corrected chi connectivity index (χ4v) is 2.95. The van der Waals surface area contributed by atoms with Gasteiger partial charge < -0.3 is 19.4 Å². The van der Waals surface area contributed by atoms with E-state index in [0.29, 0.717) is 29.9 Å². The number of benzene rings is 2. The van der Waals surface area contributed by atoms with Gasteiger partial charge in [0.15, 0.2) is 11.5 Å². The standard InChI is InChI=1S/C21H22N2O4/c1-26-18-8-7-15(13-19(18)27-2)9-11-22-20(24)14-23-12-10-16-5-3-4-6-17(16)21(23)25/h3-8,10,12-13H,9,11,14H2,1-2H3,(H,22,24). The Morgan fingerprint density at radius 2 is 1.81 bits per heavy atom. The van der Waals surface area contributed by atoms with Crippen molar-refractivity contribution in [3.63, 3.8) is 0 Å². The van der Waals surface area contributed by atoms with E-state index in [9.17, 15) is 9.59 Å². The van der Waals surface area contributed by atoms with Gasteiger partial charge in [-0.15, -0.1) is 0 Å². The average Bonchev–Trinajstić information content (AvgIpc) is 2.70. The van der Waals surface area contributed by atoms with Crippen molar-refractivity contribution in [1.29, 1.82) is 0 Å². The summed E-state index contributed by atoms with van der Waals surface area (Å²) < 4.78 is 11.9. The number of fused-ring (bicyclic) bond motifs is 1. The second-order valence-electron chi connectivity index (χ2n) is 6.13. The predicted octanol–water partition coefficient (Wildman–Crippen LogP) is 2.38. The number of ether oxygens (including phenoxy) is 2. The third-order valence-corrected chi connectivity index (χ3v) is 4.38. The summed E-state index contributed by atoms with van der Waals surface area (Å²) in [4.78, 5) is 24.6. The van der Waals surface area contributed by atoms with Crippen molar-refractivity contribution in [2.24, 2.45) is 0 Å². The molecule has 1 amide bonds. The first-order chi connectivity index (χ1) is 13.1. The van der Waals surface area contributed by atoms with Gasteiger partial charge in [-0.3, -0.25) is 9.59 Å². The van der Waals surface area contributed by atoms with Crippen LogP contribution in [0.15, 0.2) is 59.5 Å². The molecule has 140 valence electrons. The van der Waals surface area contributed by atoms with Crippen LogP contribution in [0.1, 0.15) is 5.56 Å². The maximum Gasteiger partial charge on any atom is 0.258 e. The van der Waals surface area contributed by atoms with Gasteiger partial charge in [-0.25, -0.2) is 0 Å². The molecule has 0 aliphatic carbocycles. The summed E-state index contributed by atoms with van der Waals surface area (Å²) in [5.74, 6) is 1.12. The molecule has 0 saturated heterocycles. The van der Waals surface area contributed by atoms with Gasteiger partial charge in [-0.05, 0) is 41.6 Å². The maximum absolute atomic E-state index is 12.4. The van der Waals surface area contributed by atoms with Crippen LogP contribution in [0.4, 0.5) is 0 Å². The number of carbonyl (C=O) groups excluding carboxylic acids is 1. The summed E-state index contributed by atoms with van der Waals surface area (Å²) in [6, 6.07) is 14.8. The minimum absolute atomic E-state index is 0.00436. The summed E-state index contributed by atoms with van der Waals surface area (Å²) in [6.07, 6.45) is 2.30. The number of nitrogens with zero attached hydrogens (tertiary/aromatic N) is 1.